The minimum Gasteiger partial charge on any atom is -0.493 e. The van der Waals surface area contributed by atoms with Crippen molar-refractivity contribution in [3.63, 3.8) is 0 Å². The fraction of sp³-hybridized carbons (Fsp3) is 0.200. The van der Waals surface area contributed by atoms with Gasteiger partial charge in [0.05, 0.1) is 21.3 Å². The lowest BCUT2D eigenvalue weighted by atomic mass is 10.1. The van der Waals surface area contributed by atoms with E-state index in [0.29, 0.717) is 34.4 Å². The summed E-state index contributed by atoms with van der Waals surface area (Å²) in [6, 6.07) is 12.8. The number of rotatable bonds is 7. The zero-order valence-corrected chi connectivity index (χ0v) is 15.3. The number of hydrogen-bond donors (Lipinski definition) is 1. The van der Waals surface area contributed by atoms with E-state index in [0.717, 1.165) is 0 Å². The van der Waals surface area contributed by atoms with Gasteiger partial charge in [-0.15, -0.1) is 0 Å². The average Bonchev–Trinajstić information content (AvgIpc) is 3.05. The number of nitrogens with one attached hydrogen (secondary N) is 1. The second kappa shape index (κ2) is 8.27. The first kappa shape index (κ1) is 18.3. The standard InChI is InChI=1S/C20H20N2O5/c1-24-16-10-13(11-17(25-2)19(16)26-3)9-15-20(23)22-18(21-15)12-27-14-7-5-4-6-8-14/h4-11H,12H2,1-3H3,(H,21,22,23)/b15-9+. The van der Waals surface area contributed by atoms with E-state index in [1.54, 1.807) is 18.2 Å². The molecule has 1 aliphatic heterocycles. The molecule has 3 rings (SSSR count). The molecule has 0 radical (unpaired) electrons. The lowest BCUT2D eigenvalue weighted by Gasteiger charge is -2.12. The smallest absolute Gasteiger partial charge is 0.275 e. The first-order chi connectivity index (χ1) is 13.1. The summed E-state index contributed by atoms with van der Waals surface area (Å²) in [5, 5.41) is 2.70. The number of carbonyl (C=O) groups is 1. The predicted octanol–water partition coefficient (Wildman–Crippen LogP) is 2.66. The number of methoxy groups -OCH3 is 3. The van der Waals surface area contributed by atoms with Crippen LogP contribution in [0.1, 0.15) is 5.56 Å². The van der Waals surface area contributed by atoms with Crippen LogP contribution in [-0.2, 0) is 4.79 Å². The minimum atomic E-state index is -0.296. The van der Waals surface area contributed by atoms with Crippen LogP contribution >= 0.6 is 0 Å². The number of hydrogen-bond acceptors (Lipinski definition) is 6. The second-order valence-corrected chi connectivity index (χ2v) is 5.60. The summed E-state index contributed by atoms with van der Waals surface area (Å²) in [5.41, 5.74) is 0.972. The molecule has 7 nitrogen and oxygen atoms in total. The summed E-state index contributed by atoms with van der Waals surface area (Å²) in [6.45, 7) is 0.169. The zero-order chi connectivity index (χ0) is 19.2. The molecule has 0 bridgehead atoms. The van der Waals surface area contributed by atoms with Gasteiger partial charge in [0.25, 0.3) is 5.91 Å². The molecule has 0 aromatic heterocycles. The molecule has 1 heterocycles. The Labute approximate surface area is 157 Å². The van der Waals surface area contributed by atoms with Crippen molar-refractivity contribution in [3.05, 3.63) is 53.7 Å². The van der Waals surface area contributed by atoms with E-state index in [9.17, 15) is 4.79 Å². The fourth-order valence-electron chi connectivity index (χ4n) is 2.60. The molecule has 140 valence electrons. The highest BCUT2D eigenvalue weighted by molar-refractivity contribution is 6.14. The number of carbonyl (C=O) groups excluding carboxylic acids is 1. The highest BCUT2D eigenvalue weighted by atomic mass is 16.5. The topological polar surface area (TPSA) is 78.4 Å². The monoisotopic (exact) mass is 368 g/mol. The number of para-hydroxylation sites is 1. The van der Waals surface area contributed by atoms with Crippen LogP contribution in [-0.4, -0.2) is 39.7 Å². The molecule has 0 fully saturated rings. The van der Waals surface area contributed by atoms with Gasteiger partial charge in [-0.25, -0.2) is 4.99 Å². The van der Waals surface area contributed by atoms with Crippen molar-refractivity contribution in [1.29, 1.82) is 0 Å². The average molecular weight is 368 g/mol. The maximum absolute atomic E-state index is 12.2. The number of benzene rings is 2. The first-order valence-corrected chi connectivity index (χ1v) is 8.23. The van der Waals surface area contributed by atoms with Gasteiger partial charge < -0.3 is 24.3 Å². The predicted molar refractivity (Wildman–Crippen MR) is 102 cm³/mol. The highest BCUT2D eigenvalue weighted by Gasteiger charge is 2.21. The van der Waals surface area contributed by atoms with E-state index in [1.165, 1.54) is 21.3 Å². The second-order valence-electron chi connectivity index (χ2n) is 5.60. The van der Waals surface area contributed by atoms with Crippen molar-refractivity contribution in [2.45, 2.75) is 0 Å². The van der Waals surface area contributed by atoms with Gasteiger partial charge in [-0.3, -0.25) is 4.79 Å². The van der Waals surface area contributed by atoms with Crippen LogP contribution < -0.4 is 24.3 Å². The Morgan fingerprint density at radius 2 is 1.67 bits per heavy atom. The van der Waals surface area contributed by atoms with Gasteiger partial charge in [0.2, 0.25) is 5.75 Å². The summed E-state index contributed by atoms with van der Waals surface area (Å²) in [7, 11) is 4.60. The molecule has 0 atom stereocenters. The van der Waals surface area contributed by atoms with Crippen molar-refractivity contribution in [2.24, 2.45) is 4.99 Å². The van der Waals surface area contributed by atoms with Gasteiger partial charge in [0.15, 0.2) is 11.5 Å². The number of amidine groups is 1. The van der Waals surface area contributed by atoms with Crippen LogP contribution in [0.2, 0.25) is 0 Å². The molecule has 0 saturated carbocycles. The van der Waals surface area contributed by atoms with Gasteiger partial charge in [0, 0.05) is 0 Å². The van der Waals surface area contributed by atoms with Crippen LogP contribution in [0.3, 0.4) is 0 Å². The molecule has 2 aromatic carbocycles. The Morgan fingerprint density at radius 1 is 1.00 bits per heavy atom. The van der Waals surface area contributed by atoms with Crippen molar-refractivity contribution in [3.8, 4) is 23.0 Å². The summed E-state index contributed by atoms with van der Waals surface area (Å²) in [4.78, 5) is 16.5. The van der Waals surface area contributed by atoms with Crippen molar-refractivity contribution in [1.82, 2.24) is 5.32 Å². The number of nitrogens with zero attached hydrogens (tertiary/aromatic N) is 1. The molecule has 0 saturated heterocycles. The third-order valence-electron chi connectivity index (χ3n) is 3.86. The van der Waals surface area contributed by atoms with Crippen molar-refractivity contribution >= 4 is 17.8 Å². The van der Waals surface area contributed by atoms with Crippen LogP contribution in [0.15, 0.2) is 53.2 Å². The SMILES string of the molecule is COc1cc(/C=C2/N=C(COc3ccccc3)NC2=O)cc(OC)c1OC. The van der Waals surface area contributed by atoms with Gasteiger partial charge in [-0.2, -0.15) is 0 Å². The molecule has 1 aliphatic rings. The minimum absolute atomic E-state index is 0.169. The molecule has 27 heavy (non-hydrogen) atoms. The van der Waals surface area contributed by atoms with Gasteiger partial charge in [0.1, 0.15) is 23.9 Å². The third-order valence-corrected chi connectivity index (χ3v) is 3.86. The quantitative estimate of drug-likeness (QED) is 0.760. The molecule has 2 aromatic rings. The Balaban J connectivity index is 1.81. The molecule has 1 amide bonds. The highest BCUT2D eigenvalue weighted by Crippen LogP contribution is 2.38. The Hall–Kier alpha value is -3.48. The molecule has 0 spiro atoms. The van der Waals surface area contributed by atoms with E-state index in [2.05, 4.69) is 10.3 Å². The van der Waals surface area contributed by atoms with E-state index in [1.807, 2.05) is 30.3 Å². The number of amides is 1. The zero-order valence-electron chi connectivity index (χ0n) is 15.3. The molecular weight excluding hydrogens is 348 g/mol. The van der Waals surface area contributed by atoms with Gasteiger partial charge in [-0.05, 0) is 35.9 Å². The summed E-state index contributed by atoms with van der Waals surface area (Å²) in [6.07, 6.45) is 1.65. The first-order valence-electron chi connectivity index (χ1n) is 8.23. The molecule has 7 heteroatoms. The lowest BCUT2D eigenvalue weighted by molar-refractivity contribution is -0.115. The van der Waals surface area contributed by atoms with E-state index >= 15 is 0 Å². The number of ether oxygens (including phenoxy) is 4. The Bertz CT molecular complexity index is 865. The van der Waals surface area contributed by atoms with E-state index < -0.39 is 0 Å². The van der Waals surface area contributed by atoms with E-state index in [4.69, 9.17) is 18.9 Å². The van der Waals surface area contributed by atoms with Crippen LogP contribution in [0.25, 0.3) is 6.08 Å². The maximum Gasteiger partial charge on any atom is 0.275 e. The normalized spacial score (nSPS) is 14.6. The fourth-order valence-corrected chi connectivity index (χ4v) is 2.60. The summed E-state index contributed by atoms with van der Waals surface area (Å²) in [5.74, 6) is 2.34. The number of aliphatic imine (C=N–C) groups is 1. The van der Waals surface area contributed by atoms with Gasteiger partial charge >= 0.3 is 0 Å². The molecule has 0 aliphatic carbocycles. The van der Waals surface area contributed by atoms with Crippen LogP contribution in [0.5, 0.6) is 23.0 Å². The molecule has 0 unspecified atom stereocenters. The third kappa shape index (κ3) is 4.20. The Kier molecular flexibility index (Phi) is 5.61. The summed E-state index contributed by atoms with van der Waals surface area (Å²) < 4.78 is 21.6. The van der Waals surface area contributed by atoms with Gasteiger partial charge in [-0.1, -0.05) is 18.2 Å². The summed E-state index contributed by atoms with van der Waals surface area (Å²) >= 11 is 0. The largest absolute Gasteiger partial charge is 0.493 e. The molecule has 1 N–H and O–H groups in total. The maximum atomic E-state index is 12.2. The Morgan fingerprint density at radius 3 is 2.26 bits per heavy atom. The van der Waals surface area contributed by atoms with E-state index in [-0.39, 0.29) is 18.2 Å². The van der Waals surface area contributed by atoms with Crippen molar-refractivity contribution in [2.75, 3.05) is 27.9 Å². The lowest BCUT2D eigenvalue weighted by Crippen LogP contribution is -2.28. The van der Waals surface area contributed by atoms with Crippen LogP contribution in [0.4, 0.5) is 0 Å². The van der Waals surface area contributed by atoms with Crippen molar-refractivity contribution < 1.29 is 23.7 Å². The van der Waals surface area contributed by atoms with Crippen LogP contribution in [0, 0.1) is 0 Å². The molecular formula is C20H20N2O5.